The molecule has 2 aromatic heterocycles. The normalized spacial score (nSPS) is 12.9. The summed E-state index contributed by atoms with van der Waals surface area (Å²) in [5.74, 6) is 6.44. The summed E-state index contributed by atoms with van der Waals surface area (Å²) in [6, 6.07) is 2.04. The molecule has 0 spiro atoms. The van der Waals surface area contributed by atoms with Crippen molar-refractivity contribution in [2.45, 2.75) is 19.4 Å². The average Bonchev–Trinajstić information content (AvgIpc) is 2.84. The van der Waals surface area contributed by atoms with Gasteiger partial charge in [0.2, 0.25) is 0 Å². The van der Waals surface area contributed by atoms with Gasteiger partial charge in [-0.3, -0.25) is 16.0 Å². The minimum Gasteiger partial charge on any atom is -0.469 e. The first kappa shape index (κ1) is 10.9. The smallest absolute Gasteiger partial charge is 0.101 e. The Kier molecular flexibility index (Phi) is 3.07. The first-order chi connectivity index (χ1) is 7.69. The standard InChI is InChI=1S/C11H16N4O/c1-8-3-10(7-16-8)11(14-12)4-9-5-13-15(2)6-9/h3,5-7,11,14H,4,12H2,1-2H3. The number of nitrogens with one attached hydrogen (secondary N) is 1. The van der Waals surface area contributed by atoms with Gasteiger partial charge >= 0.3 is 0 Å². The molecule has 2 aromatic rings. The SMILES string of the molecule is Cc1cc(C(Cc2cnn(C)c2)NN)co1. The number of hydrazine groups is 1. The molecular formula is C11H16N4O. The average molecular weight is 220 g/mol. The van der Waals surface area contributed by atoms with Crippen LogP contribution in [-0.4, -0.2) is 9.78 Å². The van der Waals surface area contributed by atoms with Crippen molar-refractivity contribution in [1.82, 2.24) is 15.2 Å². The Bertz CT molecular complexity index is 460. The molecule has 0 amide bonds. The van der Waals surface area contributed by atoms with E-state index in [-0.39, 0.29) is 6.04 Å². The third-order valence-corrected chi connectivity index (χ3v) is 2.55. The second kappa shape index (κ2) is 4.51. The van der Waals surface area contributed by atoms with Crippen molar-refractivity contribution in [2.75, 3.05) is 0 Å². The lowest BCUT2D eigenvalue weighted by Crippen LogP contribution is -2.29. The summed E-state index contributed by atoms with van der Waals surface area (Å²) in [5.41, 5.74) is 4.99. The molecular weight excluding hydrogens is 204 g/mol. The summed E-state index contributed by atoms with van der Waals surface area (Å²) in [6.45, 7) is 1.92. The third kappa shape index (κ3) is 2.32. The zero-order valence-electron chi connectivity index (χ0n) is 9.47. The Morgan fingerprint density at radius 1 is 1.62 bits per heavy atom. The van der Waals surface area contributed by atoms with Crippen LogP contribution in [0.4, 0.5) is 0 Å². The maximum absolute atomic E-state index is 5.55. The fraction of sp³-hybridized carbons (Fsp3) is 0.364. The summed E-state index contributed by atoms with van der Waals surface area (Å²) in [5, 5.41) is 4.13. The van der Waals surface area contributed by atoms with Gasteiger partial charge in [-0.15, -0.1) is 0 Å². The minimum atomic E-state index is 0.0571. The Balaban J connectivity index is 2.12. The molecule has 0 aromatic carbocycles. The molecule has 0 aliphatic carbocycles. The van der Waals surface area contributed by atoms with Crippen LogP contribution in [0.1, 0.15) is 22.9 Å². The van der Waals surface area contributed by atoms with E-state index in [1.807, 2.05) is 32.4 Å². The number of hydrogen-bond donors (Lipinski definition) is 2. The van der Waals surface area contributed by atoms with Crippen LogP contribution in [0, 0.1) is 6.92 Å². The molecule has 0 bridgehead atoms. The highest BCUT2D eigenvalue weighted by molar-refractivity contribution is 5.19. The summed E-state index contributed by atoms with van der Waals surface area (Å²) in [6.07, 6.45) is 6.36. The van der Waals surface area contributed by atoms with Gasteiger partial charge in [0, 0.05) is 18.8 Å². The number of furan rings is 1. The number of aromatic nitrogens is 2. The minimum absolute atomic E-state index is 0.0571. The topological polar surface area (TPSA) is 69.0 Å². The summed E-state index contributed by atoms with van der Waals surface area (Å²) < 4.78 is 7.06. The van der Waals surface area contributed by atoms with Gasteiger partial charge in [0.1, 0.15) is 5.76 Å². The molecule has 5 nitrogen and oxygen atoms in total. The highest BCUT2D eigenvalue weighted by Crippen LogP contribution is 2.19. The molecule has 86 valence electrons. The fourth-order valence-electron chi connectivity index (χ4n) is 1.73. The van der Waals surface area contributed by atoms with Gasteiger partial charge in [0.25, 0.3) is 0 Å². The van der Waals surface area contributed by atoms with E-state index in [4.69, 9.17) is 10.3 Å². The van der Waals surface area contributed by atoms with Crippen molar-refractivity contribution >= 4 is 0 Å². The summed E-state index contributed by atoms with van der Waals surface area (Å²) in [7, 11) is 1.90. The Labute approximate surface area is 94.2 Å². The van der Waals surface area contributed by atoms with Crippen LogP contribution in [0.15, 0.2) is 29.1 Å². The molecule has 0 aliphatic heterocycles. The number of nitrogens with two attached hydrogens (primary N) is 1. The lowest BCUT2D eigenvalue weighted by atomic mass is 10.0. The number of aryl methyl sites for hydroxylation is 2. The van der Waals surface area contributed by atoms with Crippen LogP contribution >= 0.6 is 0 Å². The number of hydrogen-bond acceptors (Lipinski definition) is 4. The molecule has 0 saturated heterocycles. The van der Waals surface area contributed by atoms with Crippen LogP contribution < -0.4 is 11.3 Å². The Hall–Kier alpha value is -1.59. The molecule has 0 aliphatic rings. The molecule has 1 unspecified atom stereocenters. The molecule has 0 saturated carbocycles. The van der Waals surface area contributed by atoms with E-state index in [1.54, 1.807) is 10.9 Å². The largest absolute Gasteiger partial charge is 0.469 e. The van der Waals surface area contributed by atoms with Crippen molar-refractivity contribution in [3.63, 3.8) is 0 Å². The van der Waals surface area contributed by atoms with Crippen molar-refractivity contribution < 1.29 is 4.42 Å². The lowest BCUT2D eigenvalue weighted by molar-refractivity contribution is 0.511. The van der Waals surface area contributed by atoms with Gasteiger partial charge in [0.05, 0.1) is 18.5 Å². The van der Waals surface area contributed by atoms with Crippen LogP contribution in [0.25, 0.3) is 0 Å². The second-order valence-corrected chi connectivity index (χ2v) is 3.94. The molecule has 2 heterocycles. The van der Waals surface area contributed by atoms with E-state index in [0.29, 0.717) is 0 Å². The van der Waals surface area contributed by atoms with E-state index in [0.717, 1.165) is 23.3 Å². The van der Waals surface area contributed by atoms with Crippen LogP contribution in [-0.2, 0) is 13.5 Å². The van der Waals surface area contributed by atoms with E-state index in [2.05, 4.69) is 10.5 Å². The van der Waals surface area contributed by atoms with E-state index >= 15 is 0 Å². The molecule has 16 heavy (non-hydrogen) atoms. The van der Waals surface area contributed by atoms with Crippen molar-refractivity contribution in [3.05, 3.63) is 41.6 Å². The first-order valence-corrected chi connectivity index (χ1v) is 5.17. The number of rotatable bonds is 4. The van der Waals surface area contributed by atoms with Gasteiger partial charge in [0.15, 0.2) is 0 Å². The fourth-order valence-corrected chi connectivity index (χ4v) is 1.73. The van der Waals surface area contributed by atoms with Crippen LogP contribution in [0.3, 0.4) is 0 Å². The van der Waals surface area contributed by atoms with Crippen molar-refractivity contribution in [2.24, 2.45) is 12.9 Å². The quantitative estimate of drug-likeness (QED) is 0.597. The van der Waals surface area contributed by atoms with Gasteiger partial charge in [-0.25, -0.2) is 0 Å². The summed E-state index contributed by atoms with van der Waals surface area (Å²) in [4.78, 5) is 0. The molecule has 0 fully saturated rings. The maximum Gasteiger partial charge on any atom is 0.101 e. The summed E-state index contributed by atoms with van der Waals surface area (Å²) >= 11 is 0. The van der Waals surface area contributed by atoms with Gasteiger partial charge in [-0.2, -0.15) is 5.10 Å². The van der Waals surface area contributed by atoms with E-state index in [1.165, 1.54) is 0 Å². The third-order valence-electron chi connectivity index (χ3n) is 2.55. The highest BCUT2D eigenvalue weighted by atomic mass is 16.3. The van der Waals surface area contributed by atoms with E-state index < -0.39 is 0 Å². The zero-order chi connectivity index (χ0) is 11.5. The highest BCUT2D eigenvalue weighted by Gasteiger charge is 2.13. The van der Waals surface area contributed by atoms with Gasteiger partial charge < -0.3 is 4.42 Å². The first-order valence-electron chi connectivity index (χ1n) is 5.17. The molecule has 0 radical (unpaired) electrons. The Morgan fingerprint density at radius 3 is 2.94 bits per heavy atom. The molecule has 5 heteroatoms. The van der Waals surface area contributed by atoms with Gasteiger partial charge in [-0.05, 0) is 25.0 Å². The molecule has 3 N–H and O–H groups in total. The number of nitrogens with zero attached hydrogens (tertiary/aromatic N) is 2. The second-order valence-electron chi connectivity index (χ2n) is 3.94. The van der Waals surface area contributed by atoms with Crippen molar-refractivity contribution in [3.8, 4) is 0 Å². The maximum atomic E-state index is 5.55. The predicted molar refractivity (Wildman–Crippen MR) is 60.4 cm³/mol. The van der Waals surface area contributed by atoms with Crippen LogP contribution in [0.5, 0.6) is 0 Å². The lowest BCUT2D eigenvalue weighted by Gasteiger charge is -2.12. The molecule has 2 rings (SSSR count). The predicted octanol–water partition coefficient (Wildman–Crippen LogP) is 1.07. The van der Waals surface area contributed by atoms with Crippen molar-refractivity contribution in [1.29, 1.82) is 0 Å². The zero-order valence-corrected chi connectivity index (χ0v) is 9.47. The van der Waals surface area contributed by atoms with Gasteiger partial charge in [-0.1, -0.05) is 0 Å². The monoisotopic (exact) mass is 220 g/mol. The molecule has 1 atom stereocenters. The van der Waals surface area contributed by atoms with E-state index in [9.17, 15) is 0 Å². The Morgan fingerprint density at radius 2 is 2.44 bits per heavy atom. The van der Waals surface area contributed by atoms with Crippen LogP contribution in [0.2, 0.25) is 0 Å².